The Morgan fingerprint density at radius 3 is 2.56 bits per heavy atom. The maximum absolute atomic E-state index is 11.9. The summed E-state index contributed by atoms with van der Waals surface area (Å²) in [4.78, 5) is 25.9. The number of halogens is 3. The molecular formula is C8H11F3N2O3. The van der Waals surface area contributed by atoms with Crippen molar-refractivity contribution in [3.05, 3.63) is 0 Å². The number of nitrogens with zero attached hydrogens (tertiary/aromatic N) is 1. The molecule has 0 aliphatic carbocycles. The molecule has 1 N–H and O–H groups in total. The lowest BCUT2D eigenvalue weighted by molar-refractivity contribution is -0.240. The van der Waals surface area contributed by atoms with Gasteiger partial charge in [0.05, 0.1) is 0 Å². The van der Waals surface area contributed by atoms with Crippen molar-refractivity contribution in [3.8, 4) is 0 Å². The normalized spacial score (nSPS) is 21.9. The molecule has 0 aromatic carbocycles. The van der Waals surface area contributed by atoms with E-state index in [9.17, 15) is 22.8 Å². The number of carbonyl (C=O) groups excluding carboxylic acids is 2. The van der Waals surface area contributed by atoms with Crippen LogP contribution in [0, 0.1) is 0 Å². The Labute approximate surface area is 89.5 Å². The summed E-state index contributed by atoms with van der Waals surface area (Å²) in [6, 6.07) is -0.837. The minimum Gasteiger partial charge on any atom is -0.360 e. The standard InChI is InChI=1S/C8H11F3N2O3/c1-12-6(14)5-3-2-4-13(5)16-7(15)8(9,10)11/h5H,2-4H2,1H3,(H,12,14)/t5-/m0/s1. The van der Waals surface area contributed by atoms with Crippen molar-refractivity contribution in [1.29, 1.82) is 0 Å². The van der Waals surface area contributed by atoms with Gasteiger partial charge in [-0.05, 0) is 12.8 Å². The van der Waals surface area contributed by atoms with E-state index in [4.69, 9.17) is 0 Å². The minimum absolute atomic E-state index is 0.125. The summed E-state index contributed by atoms with van der Waals surface area (Å²) in [6.07, 6.45) is -4.18. The van der Waals surface area contributed by atoms with E-state index in [1.165, 1.54) is 7.05 Å². The first kappa shape index (κ1) is 12.8. The van der Waals surface area contributed by atoms with Gasteiger partial charge in [0, 0.05) is 13.6 Å². The number of amides is 1. The average Bonchev–Trinajstić information content (AvgIpc) is 2.63. The van der Waals surface area contributed by atoms with Gasteiger partial charge >= 0.3 is 12.1 Å². The molecule has 92 valence electrons. The van der Waals surface area contributed by atoms with E-state index in [1.807, 2.05) is 0 Å². The molecule has 1 heterocycles. The molecule has 5 nitrogen and oxygen atoms in total. The van der Waals surface area contributed by atoms with Gasteiger partial charge in [0.15, 0.2) is 0 Å². The summed E-state index contributed by atoms with van der Waals surface area (Å²) < 4.78 is 35.7. The van der Waals surface area contributed by atoms with Crippen LogP contribution in [-0.4, -0.2) is 42.8 Å². The molecule has 0 aromatic heterocycles. The summed E-state index contributed by atoms with van der Waals surface area (Å²) in [7, 11) is 1.37. The molecule has 0 bridgehead atoms. The zero-order valence-electron chi connectivity index (χ0n) is 8.50. The summed E-state index contributed by atoms with van der Waals surface area (Å²) in [5.74, 6) is -2.77. The minimum atomic E-state index is -5.05. The largest absolute Gasteiger partial charge is 0.492 e. The number of likely N-dealkylation sites (N-methyl/N-ethyl adjacent to an activating group) is 1. The lowest BCUT2D eigenvalue weighted by Gasteiger charge is -2.21. The van der Waals surface area contributed by atoms with Gasteiger partial charge in [0.25, 0.3) is 0 Å². The third kappa shape index (κ3) is 2.84. The molecule has 0 aromatic rings. The first-order valence-electron chi connectivity index (χ1n) is 4.63. The first-order valence-corrected chi connectivity index (χ1v) is 4.63. The fourth-order valence-corrected chi connectivity index (χ4v) is 1.44. The van der Waals surface area contributed by atoms with Gasteiger partial charge in [0.2, 0.25) is 5.91 Å². The molecule has 8 heteroatoms. The second-order valence-electron chi connectivity index (χ2n) is 3.29. The predicted molar refractivity (Wildman–Crippen MR) is 45.9 cm³/mol. The monoisotopic (exact) mass is 240 g/mol. The molecule has 0 saturated carbocycles. The van der Waals surface area contributed by atoms with Gasteiger partial charge in [-0.3, -0.25) is 4.79 Å². The van der Waals surface area contributed by atoms with Crippen LogP contribution >= 0.6 is 0 Å². The van der Waals surface area contributed by atoms with Crippen molar-refractivity contribution in [2.45, 2.75) is 25.1 Å². The molecule has 1 atom stereocenters. The predicted octanol–water partition coefficient (Wildman–Crippen LogP) is 0.217. The maximum Gasteiger partial charge on any atom is 0.492 e. The third-order valence-corrected chi connectivity index (χ3v) is 2.18. The van der Waals surface area contributed by atoms with Crippen molar-refractivity contribution in [2.24, 2.45) is 0 Å². The smallest absolute Gasteiger partial charge is 0.360 e. The Kier molecular flexibility index (Phi) is 3.74. The Bertz CT molecular complexity index is 293. The second-order valence-corrected chi connectivity index (χ2v) is 3.29. The van der Waals surface area contributed by atoms with Gasteiger partial charge in [-0.1, -0.05) is 0 Å². The van der Waals surface area contributed by atoms with Crippen molar-refractivity contribution in [3.63, 3.8) is 0 Å². The van der Waals surface area contributed by atoms with E-state index in [0.717, 1.165) is 5.06 Å². The van der Waals surface area contributed by atoms with Crippen LogP contribution in [0.15, 0.2) is 0 Å². The Morgan fingerprint density at radius 2 is 2.06 bits per heavy atom. The van der Waals surface area contributed by atoms with Crippen LogP contribution in [0.25, 0.3) is 0 Å². The molecule has 16 heavy (non-hydrogen) atoms. The van der Waals surface area contributed by atoms with E-state index in [-0.39, 0.29) is 6.54 Å². The van der Waals surface area contributed by atoms with Crippen molar-refractivity contribution in [1.82, 2.24) is 10.4 Å². The molecule has 1 saturated heterocycles. The van der Waals surface area contributed by atoms with Crippen LogP contribution in [0.3, 0.4) is 0 Å². The molecular weight excluding hydrogens is 229 g/mol. The maximum atomic E-state index is 11.9. The molecule has 1 fully saturated rings. The van der Waals surface area contributed by atoms with E-state index in [2.05, 4.69) is 10.2 Å². The van der Waals surface area contributed by atoms with Crippen LogP contribution in [-0.2, 0) is 14.4 Å². The molecule has 0 radical (unpaired) electrons. The summed E-state index contributed by atoms with van der Waals surface area (Å²) in [5, 5.41) is 3.07. The summed E-state index contributed by atoms with van der Waals surface area (Å²) >= 11 is 0. The zero-order chi connectivity index (χ0) is 12.3. The molecule has 0 spiro atoms. The van der Waals surface area contributed by atoms with Crippen molar-refractivity contribution >= 4 is 11.9 Å². The number of hydrogen-bond donors (Lipinski definition) is 1. The molecule has 0 unspecified atom stereocenters. The second kappa shape index (κ2) is 4.69. The zero-order valence-corrected chi connectivity index (χ0v) is 8.50. The summed E-state index contributed by atoms with van der Waals surface area (Å²) in [6.45, 7) is 0.125. The van der Waals surface area contributed by atoms with Crippen LogP contribution in [0.1, 0.15) is 12.8 Å². The topological polar surface area (TPSA) is 58.6 Å². The van der Waals surface area contributed by atoms with Gasteiger partial charge in [-0.2, -0.15) is 13.2 Å². The number of rotatable bonds is 2. The van der Waals surface area contributed by atoms with Gasteiger partial charge < -0.3 is 10.2 Å². The molecule has 1 rings (SSSR count). The average molecular weight is 240 g/mol. The summed E-state index contributed by atoms with van der Waals surface area (Å²) in [5.41, 5.74) is 0. The van der Waals surface area contributed by atoms with Crippen LogP contribution < -0.4 is 5.32 Å². The highest BCUT2D eigenvalue weighted by Crippen LogP contribution is 2.22. The number of carbonyl (C=O) groups is 2. The quantitative estimate of drug-likeness (QED) is 0.750. The number of hydrogen-bond acceptors (Lipinski definition) is 4. The van der Waals surface area contributed by atoms with E-state index < -0.39 is 24.1 Å². The fraction of sp³-hybridized carbons (Fsp3) is 0.750. The highest BCUT2D eigenvalue weighted by molar-refractivity contribution is 5.82. The number of alkyl halides is 3. The number of hydroxylamine groups is 2. The highest BCUT2D eigenvalue weighted by atomic mass is 19.4. The Morgan fingerprint density at radius 1 is 1.44 bits per heavy atom. The van der Waals surface area contributed by atoms with E-state index in [0.29, 0.717) is 12.8 Å². The van der Waals surface area contributed by atoms with Gasteiger partial charge in [0.1, 0.15) is 6.04 Å². The van der Waals surface area contributed by atoms with Gasteiger partial charge in [-0.25, -0.2) is 4.79 Å². The van der Waals surface area contributed by atoms with Gasteiger partial charge in [-0.15, -0.1) is 5.06 Å². The lowest BCUT2D eigenvalue weighted by atomic mass is 10.2. The van der Waals surface area contributed by atoms with E-state index in [1.54, 1.807) is 0 Å². The van der Waals surface area contributed by atoms with Crippen molar-refractivity contribution < 1.29 is 27.6 Å². The van der Waals surface area contributed by atoms with Crippen LogP contribution in [0.2, 0.25) is 0 Å². The Balaban J connectivity index is 2.60. The Hall–Kier alpha value is -1.31. The lowest BCUT2D eigenvalue weighted by Crippen LogP contribution is -2.44. The molecule has 1 aliphatic rings. The first-order chi connectivity index (χ1) is 7.36. The third-order valence-electron chi connectivity index (χ3n) is 2.18. The number of nitrogens with one attached hydrogen (secondary N) is 1. The van der Waals surface area contributed by atoms with Crippen LogP contribution in [0.4, 0.5) is 13.2 Å². The SMILES string of the molecule is CNC(=O)[C@@H]1CCCN1OC(=O)C(F)(F)F. The van der Waals surface area contributed by atoms with E-state index >= 15 is 0 Å². The highest BCUT2D eigenvalue weighted by Gasteiger charge is 2.44. The van der Waals surface area contributed by atoms with Crippen molar-refractivity contribution in [2.75, 3.05) is 13.6 Å². The molecule has 1 aliphatic heterocycles. The molecule has 1 amide bonds. The fourth-order valence-electron chi connectivity index (χ4n) is 1.44. The van der Waals surface area contributed by atoms with Crippen LogP contribution in [0.5, 0.6) is 0 Å².